The Labute approximate surface area is 179 Å². The number of aliphatic imine (C=N–C) groups is 1. The largest absolute Gasteiger partial charge is 0.370 e. The number of aryl methyl sites for hydroxylation is 1. The van der Waals surface area contributed by atoms with Gasteiger partial charge in [0.15, 0.2) is 5.96 Å². The van der Waals surface area contributed by atoms with Crippen LogP contribution in [0.5, 0.6) is 0 Å². The highest BCUT2D eigenvalue weighted by atomic mass is 16.5. The normalized spacial score (nSPS) is 17.0. The van der Waals surface area contributed by atoms with Crippen LogP contribution in [-0.4, -0.2) is 50.1 Å². The van der Waals surface area contributed by atoms with Crippen LogP contribution in [-0.2, 0) is 11.3 Å². The van der Waals surface area contributed by atoms with E-state index >= 15 is 0 Å². The van der Waals surface area contributed by atoms with Gasteiger partial charge in [-0.15, -0.1) is 0 Å². The molecule has 3 rings (SSSR count). The van der Waals surface area contributed by atoms with E-state index in [0.717, 1.165) is 31.0 Å². The van der Waals surface area contributed by atoms with Crippen molar-refractivity contribution in [3.8, 4) is 0 Å². The standard InChI is InChI=1S/C24H32N4O2/c1-4-12-26-23(29)20-10-7-9-19(15-20)16-27-24(25-3)28-13-14-30-22(17-28)21-11-6-5-8-18(21)2/h5-11,15,22H,4,12-14,16-17H2,1-3H3,(H,25,27)(H,26,29). The molecule has 1 unspecified atom stereocenters. The number of amides is 1. The predicted octanol–water partition coefficient (Wildman–Crippen LogP) is 3.28. The minimum atomic E-state index is -0.0302. The summed E-state index contributed by atoms with van der Waals surface area (Å²) in [6.45, 7) is 7.66. The number of carbonyl (C=O) groups is 1. The number of morpholine rings is 1. The number of ether oxygens (including phenoxy) is 1. The second-order valence-electron chi connectivity index (χ2n) is 7.52. The number of benzene rings is 2. The van der Waals surface area contributed by atoms with Crippen molar-refractivity contribution in [2.45, 2.75) is 32.9 Å². The molecule has 0 saturated carbocycles. The lowest BCUT2D eigenvalue weighted by molar-refractivity contribution is -0.00834. The Kier molecular flexibility index (Phi) is 7.85. The van der Waals surface area contributed by atoms with Crippen molar-refractivity contribution in [3.63, 3.8) is 0 Å². The van der Waals surface area contributed by atoms with Gasteiger partial charge in [0.1, 0.15) is 6.10 Å². The van der Waals surface area contributed by atoms with E-state index < -0.39 is 0 Å². The maximum Gasteiger partial charge on any atom is 0.251 e. The topological polar surface area (TPSA) is 66.0 Å². The first-order chi connectivity index (χ1) is 14.6. The molecule has 1 atom stereocenters. The van der Waals surface area contributed by atoms with Crippen molar-refractivity contribution in [2.75, 3.05) is 33.3 Å². The van der Waals surface area contributed by atoms with Gasteiger partial charge >= 0.3 is 0 Å². The molecular formula is C24H32N4O2. The van der Waals surface area contributed by atoms with E-state index in [-0.39, 0.29) is 12.0 Å². The minimum Gasteiger partial charge on any atom is -0.370 e. The summed E-state index contributed by atoms with van der Waals surface area (Å²) in [5.41, 5.74) is 4.20. The second kappa shape index (κ2) is 10.8. The molecule has 2 N–H and O–H groups in total. The van der Waals surface area contributed by atoms with Crippen LogP contribution in [0, 0.1) is 6.92 Å². The number of hydrogen-bond donors (Lipinski definition) is 2. The molecule has 1 amide bonds. The molecule has 0 spiro atoms. The van der Waals surface area contributed by atoms with Crippen molar-refractivity contribution in [2.24, 2.45) is 4.99 Å². The van der Waals surface area contributed by atoms with E-state index in [0.29, 0.717) is 25.3 Å². The highest BCUT2D eigenvalue weighted by Gasteiger charge is 2.25. The van der Waals surface area contributed by atoms with E-state index in [1.54, 1.807) is 7.05 Å². The average Bonchev–Trinajstić information content (AvgIpc) is 2.78. The fraction of sp³-hybridized carbons (Fsp3) is 0.417. The number of rotatable bonds is 6. The number of carbonyl (C=O) groups excluding carboxylic acids is 1. The first kappa shape index (κ1) is 21.8. The van der Waals surface area contributed by atoms with E-state index in [1.807, 2.05) is 31.2 Å². The van der Waals surface area contributed by atoms with Gasteiger partial charge in [0.2, 0.25) is 0 Å². The van der Waals surface area contributed by atoms with Gasteiger partial charge in [0.05, 0.1) is 13.2 Å². The van der Waals surface area contributed by atoms with Gasteiger partial charge < -0.3 is 20.3 Å². The van der Waals surface area contributed by atoms with Gasteiger partial charge in [0, 0.05) is 32.2 Å². The zero-order valence-corrected chi connectivity index (χ0v) is 18.1. The Morgan fingerprint density at radius 1 is 1.20 bits per heavy atom. The number of nitrogens with one attached hydrogen (secondary N) is 2. The lowest BCUT2D eigenvalue weighted by Gasteiger charge is -2.35. The maximum atomic E-state index is 12.2. The molecule has 1 aliphatic heterocycles. The summed E-state index contributed by atoms with van der Waals surface area (Å²) < 4.78 is 6.04. The third kappa shape index (κ3) is 5.60. The molecule has 30 heavy (non-hydrogen) atoms. The van der Waals surface area contributed by atoms with Crippen LogP contribution in [0.3, 0.4) is 0 Å². The molecule has 0 bridgehead atoms. The average molecular weight is 409 g/mol. The molecule has 1 fully saturated rings. The Morgan fingerprint density at radius 2 is 2.03 bits per heavy atom. The Bertz CT molecular complexity index is 881. The Morgan fingerprint density at radius 3 is 2.80 bits per heavy atom. The summed E-state index contributed by atoms with van der Waals surface area (Å²) in [7, 11) is 1.80. The zero-order valence-electron chi connectivity index (χ0n) is 18.1. The van der Waals surface area contributed by atoms with E-state index in [9.17, 15) is 4.79 Å². The smallest absolute Gasteiger partial charge is 0.251 e. The predicted molar refractivity (Wildman–Crippen MR) is 121 cm³/mol. The molecule has 6 heteroatoms. The fourth-order valence-electron chi connectivity index (χ4n) is 3.65. The molecule has 0 aromatic heterocycles. The van der Waals surface area contributed by atoms with E-state index in [1.165, 1.54) is 11.1 Å². The molecule has 1 aliphatic rings. The van der Waals surface area contributed by atoms with Gasteiger partial charge in [-0.25, -0.2) is 0 Å². The van der Waals surface area contributed by atoms with Crippen LogP contribution in [0.2, 0.25) is 0 Å². The van der Waals surface area contributed by atoms with Gasteiger partial charge in [-0.1, -0.05) is 43.3 Å². The lowest BCUT2D eigenvalue weighted by atomic mass is 10.0. The van der Waals surface area contributed by atoms with Gasteiger partial charge in [-0.2, -0.15) is 0 Å². The Hall–Kier alpha value is -2.86. The van der Waals surface area contributed by atoms with E-state index in [2.05, 4.69) is 51.7 Å². The summed E-state index contributed by atoms with van der Waals surface area (Å²) in [6.07, 6.45) is 0.955. The zero-order chi connectivity index (χ0) is 21.3. The van der Waals surface area contributed by atoms with E-state index in [4.69, 9.17) is 4.74 Å². The molecule has 2 aromatic rings. The molecule has 0 aliphatic carbocycles. The van der Waals surface area contributed by atoms with Crippen LogP contribution >= 0.6 is 0 Å². The first-order valence-corrected chi connectivity index (χ1v) is 10.6. The van der Waals surface area contributed by atoms with Gasteiger partial charge in [-0.3, -0.25) is 9.79 Å². The summed E-state index contributed by atoms with van der Waals surface area (Å²) in [4.78, 5) is 18.9. The van der Waals surface area contributed by atoms with Gasteiger partial charge in [0.25, 0.3) is 5.91 Å². The quantitative estimate of drug-likeness (QED) is 0.569. The third-order valence-corrected chi connectivity index (χ3v) is 5.29. The molecule has 1 heterocycles. The SMILES string of the molecule is CCCNC(=O)c1cccc(CNC(=NC)N2CCOC(c3ccccc3C)C2)c1. The number of hydrogen-bond acceptors (Lipinski definition) is 3. The molecule has 2 aromatic carbocycles. The van der Waals surface area contributed by atoms with Gasteiger partial charge in [-0.05, 0) is 42.2 Å². The first-order valence-electron chi connectivity index (χ1n) is 10.6. The van der Waals surface area contributed by atoms with Crippen molar-refractivity contribution < 1.29 is 9.53 Å². The number of nitrogens with zero attached hydrogens (tertiary/aromatic N) is 2. The summed E-state index contributed by atoms with van der Waals surface area (Å²) in [6, 6.07) is 16.1. The molecule has 6 nitrogen and oxygen atoms in total. The Balaban J connectivity index is 1.62. The van der Waals surface area contributed by atoms with Crippen LogP contribution in [0.4, 0.5) is 0 Å². The molecule has 0 radical (unpaired) electrons. The summed E-state index contributed by atoms with van der Waals surface area (Å²) in [5, 5.41) is 6.36. The maximum absolute atomic E-state index is 12.2. The molecular weight excluding hydrogens is 376 g/mol. The monoisotopic (exact) mass is 408 g/mol. The highest BCUT2D eigenvalue weighted by molar-refractivity contribution is 5.94. The minimum absolute atomic E-state index is 0.0302. The van der Waals surface area contributed by atoms with Crippen molar-refractivity contribution in [3.05, 3.63) is 70.8 Å². The third-order valence-electron chi connectivity index (χ3n) is 5.29. The molecule has 1 saturated heterocycles. The van der Waals surface area contributed by atoms with Crippen molar-refractivity contribution >= 4 is 11.9 Å². The summed E-state index contributed by atoms with van der Waals surface area (Å²) in [5.74, 6) is 0.815. The highest BCUT2D eigenvalue weighted by Crippen LogP contribution is 2.25. The molecule has 160 valence electrons. The van der Waals surface area contributed by atoms with Crippen LogP contribution in [0.15, 0.2) is 53.5 Å². The van der Waals surface area contributed by atoms with Crippen LogP contribution < -0.4 is 10.6 Å². The van der Waals surface area contributed by atoms with Crippen LogP contribution in [0.25, 0.3) is 0 Å². The fourth-order valence-corrected chi connectivity index (χ4v) is 3.65. The van der Waals surface area contributed by atoms with Crippen LogP contribution in [0.1, 0.15) is 46.5 Å². The second-order valence-corrected chi connectivity index (χ2v) is 7.52. The summed E-state index contributed by atoms with van der Waals surface area (Å²) >= 11 is 0. The lowest BCUT2D eigenvalue weighted by Crippen LogP contribution is -2.48. The van der Waals surface area contributed by atoms with Crippen molar-refractivity contribution in [1.82, 2.24) is 15.5 Å². The number of guanidine groups is 1. The van der Waals surface area contributed by atoms with Crippen molar-refractivity contribution in [1.29, 1.82) is 0 Å².